The Labute approximate surface area is 175 Å². The molecule has 0 unspecified atom stereocenters. The van der Waals surface area contributed by atoms with E-state index in [1.807, 2.05) is 31.3 Å². The number of ether oxygens (including phenoxy) is 4. The molecule has 0 aliphatic rings. The molecular formula is C23H27NO6. The fourth-order valence-corrected chi connectivity index (χ4v) is 3.38. The molecule has 0 amide bonds. The highest BCUT2D eigenvalue weighted by atomic mass is 16.5. The van der Waals surface area contributed by atoms with Gasteiger partial charge < -0.3 is 28.3 Å². The van der Waals surface area contributed by atoms with Gasteiger partial charge in [-0.2, -0.15) is 0 Å². The van der Waals surface area contributed by atoms with Crippen molar-refractivity contribution in [2.24, 2.45) is 0 Å². The second-order valence-electron chi connectivity index (χ2n) is 6.81. The van der Waals surface area contributed by atoms with E-state index in [0.717, 1.165) is 30.8 Å². The van der Waals surface area contributed by atoms with Crippen LogP contribution in [0.5, 0.6) is 17.2 Å². The molecule has 1 aromatic heterocycles. The number of anilines is 1. The number of rotatable bonds is 9. The predicted molar refractivity (Wildman–Crippen MR) is 117 cm³/mol. The number of fused-ring (bicyclic) bond motifs is 1. The Morgan fingerprint density at radius 3 is 2.23 bits per heavy atom. The monoisotopic (exact) mass is 413 g/mol. The topological polar surface area (TPSA) is 70.4 Å². The summed E-state index contributed by atoms with van der Waals surface area (Å²) in [6.45, 7) is 1.61. The molecule has 0 saturated carbocycles. The van der Waals surface area contributed by atoms with Crippen LogP contribution in [0, 0.1) is 0 Å². The minimum Gasteiger partial charge on any atom is -0.493 e. The summed E-state index contributed by atoms with van der Waals surface area (Å²) in [6.07, 6.45) is 0.946. The van der Waals surface area contributed by atoms with Crippen molar-refractivity contribution in [2.75, 3.05) is 53.5 Å². The van der Waals surface area contributed by atoms with Crippen LogP contribution in [-0.2, 0) is 4.74 Å². The number of hydrogen-bond acceptors (Lipinski definition) is 7. The van der Waals surface area contributed by atoms with E-state index in [-0.39, 0.29) is 5.43 Å². The highest BCUT2D eigenvalue weighted by molar-refractivity contribution is 5.90. The van der Waals surface area contributed by atoms with Gasteiger partial charge in [-0.1, -0.05) is 0 Å². The SMILES string of the molecule is COCCCN(C)c1ccc(-c2cc(=O)c3c(OC)c(OC)c(OC)cc3o2)cc1. The minimum absolute atomic E-state index is 0.218. The Hall–Kier alpha value is -3.19. The number of benzene rings is 2. The first-order valence-electron chi connectivity index (χ1n) is 9.61. The van der Waals surface area contributed by atoms with Gasteiger partial charge in [0.05, 0.1) is 21.3 Å². The molecule has 3 rings (SSSR count). The maximum Gasteiger partial charge on any atom is 0.204 e. The molecule has 2 aromatic carbocycles. The van der Waals surface area contributed by atoms with Gasteiger partial charge in [0.1, 0.15) is 16.7 Å². The maximum absolute atomic E-state index is 12.9. The molecule has 30 heavy (non-hydrogen) atoms. The highest BCUT2D eigenvalue weighted by Crippen LogP contribution is 2.42. The second-order valence-corrected chi connectivity index (χ2v) is 6.81. The predicted octanol–water partition coefficient (Wildman–Crippen LogP) is 3.96. The average Bonchev–Trinajstić information content (AvgIpc) is 2.77. The van der Waals surface area contributed by atoms with E-state index in [0.29, 0.717) is 34.0 Å². The first-order valence-corrected chi connectivity index (χ1v) is 9.61. The molecule has 0 N–H and O–H groups in total. The van der Waals surface area contributed by atoms with Crippen LogP contribution in [-0.4, -0.2) is 48.6 Å². The molecule has 0 radical (unpaired) electrons. The normalized spacial score (nSPS) is 10.8. The smallest absolute Gasteiger partial charge is 0.204 e. The van der Waals surface area contributed by atoms with E-state index in [1.165, 1.54) is 27.4 Å². The molecule has 7 nitrogen and oxygen atoms in total. The van der Waals surface area contributed by atoms with Crippen molar-refractivity contribution < 1.29 is 23.4 Å². The molecule has 0 spiro atoms. The lowest BCUT2D eigenvalue weighted by atomic mass is 10.1. The lowest BCUT2D eigenvalue weighted by Crippen LogP contribution is -2.19. The third-order valence-electron chi connectivity index (χ3n) is 4.96. The van der Waals surface area contributed by atoms with E-state index in [2.05, 4.69) is 4.90 Å². The second kappa shape index (κ2) is 9.54. The van der Waals surface area contributed by atoms with Crippen LogP contribution in [0.4, 0.5) is 5.69 Å². The van der Waals surface area contributed by atoms with Crippen LogP contribution >= 0.6 is 0 Å². The minimum atomic E-state index is -0.218. The summed E-state index contributed by atoms with van der Waals surface area (Å²) in [5.41, 5.74) is 2.03. The summed E-state index contributed by atoms with van der Waals surface area (Å²) >= 11 is 0. The molecule has 0 bridgehead atoms. The van der Waals surface area contributed by atoms with Crippen LogP contribution in [0.1, 0.15) is 6.42 Å². The summed E-state index contributed by atoms with van der Waals surface area (Å²) in [5, 5.41) is 0.313. The van der Waals surface area contributed by atoms with Crippen LogP contribution < -0.4 is 24.5 Å². The van der Waals surface area contributed by atoms with Crippen molar-refractivity contribution in [3.8, 4) is 28.6 Å². The molecular weight excluding hydrogens is 386 g/mol. The van der Waals surface area contributed by atoms with Crippen molar-refractivity contribution in [1.82, 2.24) is 0 Å². The molecule has 3 aromatic rings. The van der Waals surface area contributed by atoms with Crippen LogP contribution in [0.2, 0.25) is 0 Å². The van der Waals surface area contributed by atoms with E-state index < -0.39 is 0 Å². The summed E-state index contributed by atoms with van der Waals surface area (Å²) in [7, 11) is 8.23. The Balaban J connectivity index is 2.00. The molecule has 1 heterocycles. The zero-order valence-corrected chi connectivity index (χ0v) is 18.0. The van der Waals surface area contributed by atoms with Crippen molar-refractivity contribution in [2.45, 2.75) is 6.42 Å². The maximum atomic E-state index is 12.9. The number of methoxy groups -OCH3 is 4. The van der Waals surface area contributed by atoms with Gasteiger partial charge in [-0.15, -0.1) is 0 Å². The lowest BCUT2D eigenvalue weighted by Gasteiger charge is -2.19. The zero-order chi connectivity index (χ0) is 21.7. The van der Waals surface area contributed by atoms with Crippen molar-refractivity contribution in [3.63, 3.8) is 0 Å². The van der Waals surface area contributed by atoms with Gasteiger partial charge in [-0.3, -0.25) is 4.79 Å². The largest absolute Gasteiger partial charge is 0.493 e. The Bertz CT molecular complexity index is 1060. The van der Waals surface area contributed by atoms with Crippen molar-refractivity contribution >= 4 is 16.7 Å². The molecule has 0 aliphatic carbocycles. The number of hydrogen-bond donors (Lipinski definition) is 0. The summed E-state index contributed by atoms with van der Waals surface area (Å²) in [5.74, 6) is 1.54. The average molecular weight is 413 g/mol. The van der Waals surface area contributed by atoms with Gasteiger partial charge in [0.2, 0.25) is 5.75 Å². The standard InChI is InChI=1S/C23H27NO6/c1-24(11-6-12-26-2)16-9-7-15(8-10-16)18-13-17(25)21-19(30-18)14-20(27-3)22(28-4)23(21)29-5/h7-10,13-14H,6,11-12H2,1-5H3. The Morgan fingerprint density at radius 2 is 1.63 bits per heavy atom. The van der Waals surface area contributed by atoms with Crippen LogP contribution in [0.15, 0.2) is 45.6 Å². The van der Waals surface area contributed by atoms with E-state index >= 15 is 0 Å². The highest BCUT2D eigenvalue weighted by Gasteiger charge is 2.20. The lowest BCUT2D eigenvalue weighted by molar-refractivity contribution is 0.196. The fourth-order valence-electron chi connectivity index (χ4n) is 3.38. The van der Waals surface area contributed by atoms with Gasteiger partial charge in [0, 0.05) is 50.7 Å². The zero-order valence-electron chi connectivity index (χ0n) is 18.0. The molecule has 0 atom stereocenters. The van der Waals surface area contributed by atoms with Gasteiger partial charge in [0.15, 0.2) is 16.9 Å². The van der Waals surface area contributed by atoms with Gasteiger partial charge in [-0.05, 0) is 30.7 Å². The summed E-state index contributed by atoms with van der Waals surface area (Å²) < 4.78 is 27.3. The van der Waals surface area contributed by atoms with Crippen molar-refractivity contribution in [1.29, 1.82) is 0 Å². The molecule has 7 heteroatoms. The van der Waals surface area contributed by atoms with E-state index in [9.17, 15) is 4.79 Å². The van der Waals surface area contributed by atoms with E-state index in [4.69, 9.17) is 23.4 Å². The first kappa shape index (κ1) is 21.5. The van der Waals surface area contributed by atoms with Crippen LogP contribution in [0.25, 0.3) is 22.3 Å². The quantitative estimate of drug-likeness (QED) is 0.492. The Kier molecular flexibility index (Phi) is 6.84. The fraction of sp³-hybridized carbons (Fsp3) is 0.348. The molecule has 0 aliphatic heterocycles. The molecule has 0 saturated heterocycles. The third kappa shape index (κ3) is 4.21. The van der Waals surface area contributed by atoms with Crippen molar-refractivity contribution in [3.05, 3.63) is 46.6 Å². The number of nitrogens with zero attached hydrogens (tertiary/aromatic N) is 1. The Morgan fingerprint density at radius 1 is 0.933 bits per heavy atom. The first-order chi connectivity index (χ1) is 14.5. The summed E-state index contributed by atoms with van der Waals surface area (Å²) in [4.78, 5) is 15.0. The molecule has 0 fully saturated rings. The van der Waals surface area contributed by atoms with Gasteiger partial charge >= 0.3 is 0 Å². The van der Waals surface area contributed by atoms with Gasteiger partial charge in [0.25, 0.3) is 0 Å². The molecule has 160 valence electrons. The van der Waals surface area contributed by atoms with Gasteiger partial charge in [-0.25, -0.2) is 0 Å². The van der Waals surface area contributed by atoms with E-state index in [1.54, 1.807) is 13.2 Å². The van der Waals surface area contributed by atoms with Crippen LogP contribution in [0.3, 0.4) is 0 Å². The third-order valence-corrected chi connectivity index (χ3v) is 4.96. The summed E-state index contributed by atoms with van der Waals surface area (Å²) in [6, 6.07) is 11.0.